The molecule has 1 aromatic heterocycles. The van der Waals surface area contributed by atoms with Crippen LogP contribution in [0.25, 0.3) is 15.7 Å². The van der Waals surface area contributed by atoms with Crippen LogP contribution in [0.15, 0.2) is 47.4 Å². The van der Waals surface area contributed by atoms with Crippen molar-refractivity contribution in [1.29, 1.82) is 0 Å². The number of alkyl halides is 3. The number of hydrogen-bond donors (Lipinski definition) is 3. The fourth-order valence-electron chi connectivity index (χ4n) is 5.48. The van der Waals surface area contributed by atoms with Gasteiger partial charge in [0.05, 0.1) is 34.9 Å². The van der Waals surface area contributed by atoms with E-state index < -0.39 is 22.7 Å². The number of halogens is 3. The van der Waals surface area contributed by atoms with E-state index in [1.54, 1.807) is 25.3 Å². The van der Waals surface area contributed by atoms with Gasteiger partial charge in [-0.25, -0.2) is 20.1 Å². The molecule has 0 unspecified atom stereocenters. The Morgan fingerprint density at radius 3 is 2.58 bits per heavy atom. The van der Waals surface area contributed by atoms with Crippen LogP contribution in [-0.2, 0) is 21.3 Å². The van der Waals surface area contributed by atoms with Crippen LogP contribution >= 0.6 is 0 Å². The molecule has 0 aliphatic heterocycles. The van der Waals surface area contributed by atoms with Gasteiger partial charge in [-0.2, -0.15) is 13.2 Å². The van der Waals surface area contributed by atoms with Gasteiger partial charge in [0.25, 0.3) is 0 Å². The zero-order valence-corrected chi connectivity index (χ0v) is 26.0. The Labute approximate surface area is 261 Å². The molecular weight excluding hydrogens is 609 g/mol. The molecule has 1 fully saturated rings. The molecule has 0 amide bonds. The van der Waals surface area contributed by atoms with Crippen molar-refractivity contribution in [2.75, 3.05) is 51.2 Å². The first-order valence-electron chi connectivity index (χ1n) is 14.4. The van der Waals surface area contributed by atoms with E-state index in [1.165, 1.54) is 22.8 Å². The number of methoxy groups -OCH3 is 1. The highest BCUT2D eigenvalue weighted by molar-refractivity contribution is 7.89. The number of nitrogens with zero attached hydrogens (tertiary/aromatic N) is 3. The van der Waals surface area contributed by atoms with Crippen molar-refractivity contribution in [2.24, 2.45) is 5.14 Å². The number of primary sulfonamides is 1. The molecule has 242 valence electrons. The van der Waals surface area contributed by atoms with Crippen molar-refractivity contribution in [3.8, 4) is 17.6 Å². The van der Waals surface area contributed by atoms with Crippen LogP contribution in [-0.4, -0.2) is 76.7 Å². The molecule has 0 saturated heterocycles. The molecule has 0 bridgehead atoms. The first-order chi connectivity index (χ1) is 21.4. The van der Waals surface area contributed by atoms with E-state index in [0.717, 1.165) is 37.9 Å². The summed E-state index contributed by atoms with van der Waals surface area (Å²) >= 11 is 0. The first kappa shape index (κ1) is 33.9. The molecule has 10 nitrogen and oxygen atoms in total. The number of fused-ring (bicyclic) bond motifs is 1. The molecular formula is C31H37F3N6O4S. The van der Waals surface area contributed by atoms with E-state index in [9.17, 15) is 21.6 Å². The van der Waals surface area contributed by atoms with Crippen molar-refractivity contribution < 1.29 is 31.1 Å². The van der Waals surface area contributed by atoms with E-state index in [0.29, 0.717) is 29.2 Å². The van der Waals surface area contributed by atoms with Gasteiger partial charge in [-0.15, -0.1) is 0 Å². The van der Waals surface area contributed by atoms with Gasteiger partial charge in [0, 0.05) is 42.9 Å². The second kappa shape index (κ2) is 14.9. The number of benzene rings is 2. The molecule has 0 atom stereocenters. The zero-order valence-electron chi connectivity index (χ0n) is 25.2. The summed E-state index contributed by atoms with van der Waals surface area (Å²) in [5.74, 6) is 5.80. The van der Waals surface area contributed by atoms with Gasteiger partial charge in [0.15, 0.2) is 5.75 Å². The van der Waals surface area contributed by atoms with Gasteiger partial charge >= 0.3 is 12.9 Å². The molecule has 1 aliphatic carbocycles. The van der Waals surface area contributed by atoms with Gasteiger partial charge in [-0.3, -0.25) is 4.85 Å². The smallest absolute Gasteiger partial charge is 0.406 e. The summed E-state index contributed by atoms with van der Waals surface area (Å²) in [6.07, 6.45) is -0.541. The van der Waals surface area contributed by atoms with Gasteiger partial charge in [0.1, 0.15) is 6.54 Å². The Kier molecular flexibility index (Phi) is 11.2. The number of ether oxygens (including phenoxy) is 2. The molecule has 14 heteroatoms. The minimum atomic E-state index is -4.46. The number of nitrogens with two attached hydrogens (primary N) is 1. The summed E-state index contributed by atoms with van der Waals surface area (Å²) in [5.41, 5.74) is 1.75. The Balaban J connectivity index is 1.53. The third kappa shape index (κ3) is 9.28. The van der Waals surface area contributed by atoms with Crippen molar-refractivity contribution in [3.05, 3.63) is 59.6 Å². The Morgan fingerprint density at radius 1 is 1.16 bits per heavy atom. The summed E-state index contributed by atoms with van der Waals surface area (Å²) in [5, 5.41) is 12.4. The van der Waals surface area contributed by atoms with Crippen LogP contribution < -0.4 is 20.5 Å². The highest BCUT2D eigenvalue weighted by Crippen LogP contribution is 2.33. The second-order valence-electron chi connectivity index (χ2n) is 10.9. The topological polar surface area (TPSA) is 115 Å². The van der Waals surface area contributed by atoms with Crippen LogP contribution in [0.1, 0.15) is 31.4 Å². The lowest BCUT2D eigenvalue weighted by molar-refractivity contribution is -0.140. The number of hydrogen-bond acceptors (Lipinski definition) is 7. The number of sulfonamides is 1. The molecule has 1 heterocycles. The maximum absolute atomic E-state index is 13.7. The van der Waals surface area contributed by atoms with E-state index in [1.807, 2.05) is 6.07 Å². The predicted octanol–water partition coefficient (Wildman–Crippen LogP) is 4.87. The Morgan fingerprint density at radius 2 is 1.91 bits per heavy atom. The van der Waals surface area contributed by atoms with Crippen LogP contribution in [0, 0.1) is 18.4 Å². The van der Waals surface area contributed by atoms with Gasteiger partial charge in [-0.05, 0) is 69.0 Å². The van der Waals surface area contributed by atoms with Crippen molar-refractivity contribution in [3.63, 3.8) is 0 Å². The van der Waals surface area contributed by atoms with Crippen LogP contribution in [0.4, 0.5) is 24.5 Å². The number of anilines is 2. The third-order valence-corrected chi connectivity index (χ3v) is 8.67. The SMILES string of the molecule is [C-]#[N+]COc1cc(S(N)(=O)=O)ccc1NCC#Cc1cc2c(NC3CCC(N(C)CCOC)CC3)cccc2n1CC(F)(F)F. The van der Waals surface area contributed by atoms with Crippen molar-refractivity contribution in [1.82, 2.24) is 9.47 Å². The zero-order chi connectivity index (χ0) is 32.6. The van der Waals surface area contributed by atoms with Crippen LogP contribution in [0.2, 0.25) is 0 Å². The Bertz CT molecular complexity index is 1680. The summed E-state index contributed by atoms with van der Waals surface area (Å²) < 4.78 is 76.1. The summed E-state index contributed by atoms with van der Waals surface area (Å²) in [7, 11) is -0.208. The molecule has 0 radical (unpaired) electrons. The fraction of sp³-hybridized carbons (Fsp3) is 0.452. The summed E-state index contributed by atoms with van der Waals surface area (Å²) in [4.78, 5) is 5.23. The molecule has 1 aliphatic rings. The maximum atomic E-state index is 13.7. The normalized spacial score (nSPS) is 17.0. The largest absolute Gasteiger partial charge is 0.424 e. The molecule has 0 spiro atoms. The minimum absolute atomic E-state index is 0.00379. The average molecular weight is 647 g/mol. The quantitative estimate of drug-likeness (QED) is 0.190. The van der Waals surface area contributed by atoms with Gasteiger partial charge < -0.3 is 29.6 Å². The predicted molar refractivity (Wildman–Crippen MR) is 167 cm³/mol. The molecule has 3 aromatic rings. The van der Waals surface area contributed by atoms with E-state index in [-0.39, 0.29) is 35.7 Å². The van der Waals surface area contributed by atoms with E-state index >= 15 is 0 Å². The molecule has 1 saturated carbocycles. The number of rotatable bonds is 12. The molecule has 4 N–H and O–H groups in total. The number of likely N-dealkylation sites (N-methyl/N-ethyl adjacent to an activating group) is 1. The Hall–Kier alpha value is -3.95. The van der Waals surface area contributed by atoms with Crippen molar-refractivity contribution >= 4 is 32.3 Å². The highest BCUT2D eigenvalue weighted by Gasteiger charge is 2.30. The monoisotopic (exact) mass is 646 g/mol. The molecule has 45 heavy (non-hydrogen) atoms. The highest BCUT2D eigenvalue weighted by atomic mass is 32.2. The molecule has 2 aromatic carbocycles. The number of nitrogens with one attached hydrogen (secondary N) is 2. The fourth-order valence-corrected chi connectivity index (χ4v) is 6.01. The lowest BCUT2D eigenvalue weighted by atomic mass is 9.90. The lowest BCUT2D eigenvalue weighted by Gasteiger charge is -2.35. The number of aromatic nitrogens is 1. The van der Waals surface area contributed by atoms with E-state index in [2.05, 4.69) is 39.3 Å². The van der Waals surface area contributed by atoms with Crippen LogP contribution in [0.3, 0.4) is 0 Å². The first-order valence-corrected chi connectivity index (χ1v) is 15.9. The van der Waals surface area contributed by atoms with Crippen LogP contribution in [0.5, 0.6) is 5.75 Å². The van der Waals surface area contributed by atoms with Gasteiger partial charge in [-0.1, -0.05) is 12.0 Å². The average Bonchev–Trinajstić information content (AvgIpc) is 3.33. The standard InChI is InChI=1S/C31H37F3N6O4S/c1-36-21-44-30-19-25(45(35,41)42)13-14-28(30)37-15-5-6-24-18-26-27(7-4-8-29(26)40(24)20-31(32,33)34)38-22-9-11-23(12-10-22)39(2)16-17-43-3/h4,7-8,13-14,18-19,22-23,37-38H,9-12,15-17,20-21H2,2-3H3,(H2,35,41,42). The third-order valence-electron chi connectivity index (χ3n) is 7.76. The minimum Gasteiger partial charge on any atom is -0.424 e. The maximum Gasteiger partial charge on any atom is 0.406 e. The summed E-state index contributed by atoms with van der Waals surface area (Å²) in [6, 6.07) is 11.5. The second-order valence-corrected chi connectivity index (χ2v) is 12.4. The lowest BCUT2D eigenvalue weighted by Crippen LogP contribution is -2.39. The van der Waals surface area contributed by atoms with E-state index in [4.69, 9.17) is 21.2 Å². The molecule has 4 rings (SSSR count). The van der Waals surface area contributed by atoms with Gasteiger partial charge in [0.2, 0.25) is 10.0 Å². The van der Waals surface area contributed by atoms with Crippen molar-refractivity contribution in [2.45, 2.75) is 55.4 Å². The summed E-state index contributed by atoms with van der Waals surface area (Å²) in [6.45, 7) is 6.95.